The smallest absolute Gasteiger partial charge is 0.236 e. The Labute approximate surface area is 160 Å². The van der Waals surface area contributed by atoms with Crippen LogP contribution in [0.25, 0.3) is 0 Å². The number of hydrogen-bond acceptors (Lipinski definition) is 5. The predicted octanol–water partition coefficient (Wildman–Crippen LogP) is 2.55. The van der Waals surface area contributed by atoms with Gasteiger partial charge in [0.15, 0.2) is 0 Å². The first-order valence-electron chi connectivity index (χ1n) is 9.19. The average Bonchev–Trinajstić information content (AvgIpc) is 3.18. The van der Waals surface area contributed by atoms with E-state index >= 15 is 0 Å². The van der Waals surface area contributed by atoms with Gasteiger partial charge in [0.1, 0.15) is 11.5 Å². The molecule has 27 heavy (non-hydrogen) atoms. The Kier molecular flexibility index (Phi) is 6.29. The normalized spacial score (nSPS) is 16.6. The lowest BCUT2D eigenvalue weighted by molar-refractivity contribution is -0.131. The molecular weight excluding hydrogens is 342 g/mol. The largest absolute Gasteiger partial charge is 0.497 e. The van der Waals surface area contributed by atoms with Gasteiger partial charge in [-0.05, 0) is 43.8 Å². The summed E-state index contributed by atoms with van der Waals surface area (Å²) in [5, 5.41) is 0. The molecule has 1 amide bonds. The van der Waals surface area contributed by atoms with Gasteiger partial charge in [-0.25, -0.2) is 0 Å². The third-order valence-electron chi connectivity index (χ3n) is 4.98. The lowest BCUT2D eigenvalue weighted by Gasteiger charge is -2.22. The van der Waals surface area contributed by atoms with E-state index in [1.807, 2.05) is 53.2 Å². The van der Waals surface area contributed by atoms with Crippen LogP contribution in [0.4, 0.5) is 0 Å². The van der Waals surface area contributed by atoms with Crippen LogP contribution in [0, 0.1) is 0 Å². The SMILES string of the molecule is COc1ccc(OC)c([C@@H]2CCN(C(=O)CN(C)Cc3ccccn3)C2)c1. The number of hydrogen-bond donors (Lipinski definition) is 0. The maximum atomic E-state index is 12.7. The number of nitrogens with zero attached hydrogens (tertiary/aromatic N) is 3. The van der Waals surface area contributed by atoms with Crippen LogP contribution in [-0.2, 0) is 11.3 Å². The second-order valence-electron chi connectivity index (χ2n) is 6.93. The summed E-state index contributed by atoms with van der Waals surface area (Å²) in [7, 11) is 5.29. The van der Waals surface area contributed by atoms with Gasteiger partial charge in [0.05, 0.1) is 26.5 Å². The van der Waals surface area contributed by atoms with Crippen LogP contribution in [0.2, 0.25) is 0 Å². The fourth-order valence-corrected chi connectivity index (χ4v) is 3.55. The van der Waals surface area contributed by atoms with Crippen molar-refractivity contribution in [1.82, 2.24) is 14.8 Å². The Bertz CT molecular complexity index is 767. The Morgan fingerprint density at radius 2 is 2.11 bits per heavy atom. The number of ether oxygens (including phenoxy) is 2. The van der Waals surface area contributed by atoms with Crippen LogP contribution in [-0.4, -0.2) is 61.6 Å². The third-order valence-corrected chi connectivity index (χ3v) is 4.98. The number of pyridine rings is 1. The van der Waals surface area contributed by atoms with E-state index in [1.54, 1.807) is 20.4 Å². The second kappa shape index (κ2) is 8.86. The van der Waals surface area contributed by atoms with Crippen molar-refractivity contribution in [3.63, 3.8) is 0 Å². The molecule has 1 saturated heterocycles. The number of amides is 1. The second-order valence-corrected chi connectivity index (χ2v) is 6.93. The molecule has 1 aliphatic rings. The molecule has 0 radical (unpaired) electrons. The van der Waals surface area contributed by atoms with Crippen molar-refractivity contribution in [2.45, 2.75) is 18.9 Å². The highest BCUT2D eigenvalue weighted by molar-refractivity contribution is 5.78. The van der Waals surface area contributed by atoms with Crippen LogP contribution in [0.3, 0.4) is 0 Å². The number of methoxy groups -OCH3 is 2. The molecule has 1 fully saturated rings. The van der Waals surface area contributed by atoms with Gasteiger partial charge in [0, 0.05) is 37.3 Å². The molecule has 0 saturated carbocycles. The van der Waals surface area contributed by atoms with Gasteiger partial charge >= 0.3 is 0 Å². The number of likely N-dealkylation sites (N-methyl/N-ethyl adjacent to an activating group) is 1. The quantitative estimate of drug-likeness (QED) is 0.751. The van der Waals surface area contributed by atoms with E-state index in [1.165, 1.54) is 0 Å². The molecule has 0 unspecified atom stereocenters. The van der Waals surface area contributed by atoms with Gasteiger partial charge in [-0.2, -0.15) is 0 Å². The van der Waals surface area contributed by atoms with Crippen molar-refractivity contribution in [1.29, 1.82) is 0 Å². The number of carbonyl (C=O) groups excluding carboxylic acids is 1. The highest BCUT2D eigenvalue weighted by Gasteiger charge is 2.29. The Morgan fingerprint density at radius 1 is 1.26 bits per heavy atom. The van der Waals surface area contributed by atoms with E-state index in [0.29, 0.717) is 19.6 Å². The van der Waals surface area contributed by atoms with Crippen molar-refractivity contribution in [2.75, 3.05) is 40.9 Å². The highest BCUT2D eigenvalue weighted by atomic mass is 16.5. The molecule has 0 N–H and O–H groups in total. The molecule has 6 heteroatoms. The monoisotopic (exact) mass is 369 g/mol. The summed E-state index contributed by atoms with van der Waals surface area (Å²) < 4.78 is 10.9. The summed E-state index contributed by atoms with van der Waals surface area (Å²) in [5.74, 6) is 2.07. The van der Waals surface area contributed by atoms with E-state index in [2.05, 4.69) is 4.98 Å². The number of benzene rings is 1. The van der Waals surface area contributed by atoms with E-state index in [0.717, 1.165) is 35.7 Å². The molecule has 0 spiro atoms. The van der Waals surface area contributed by atoms with Gasteiger partial charge in [-0.3, -0.25) is 14.7 Å². The van der Waals surface area contributed by atoms with Crippen molar-refractivity contribution in [3.05, 3.63) is 53.9 Å². The third kappa shape index (κ3) is 4.77. The van der Waals surface area contributed by atoms with Gasteiger partial charge in [0.25, 0.3) is 0 Å². The number of rotatable bonds is 7. The summed E-state index contributed by atoms with van der Waals surface area (Å²) in [6, 6.07) is 11.7. The molecule has 0 bridgehead atoms. The summed E-state index contributed by atoms with van der Waals surface area (Å²) in [6.45, 7) is 2.52. The highest BCUT2D eigenvalue weighted by Crippen LogP contribution is 2.36. The van der Waals surface area contributed by atoms with Crippen molar-refractivity contribution in [2.24, 2.45) is 0 Å². The molecule has 0 aliphatic carbocycles. The zero-order chi connectivity index (χ0) is 19.2. The molecule has 2 aromatic rings. The van der Waals surface area contributed by atoms with E-state index in [-0.39, 0.29) is 11.8 Å². The van der Waals surface area contributed by atoms with E-state index in [4.69, 9.17) is 9.47 Å². The van der Waals surface area contributed by atoms with Gasteiger partial charge in [0.2, 0.25) is 5.91 Å². The van der Waals surface area contributed by atoms with Crippen LogP contribution >= 0.6 is 0 Å². The summed E-state index contributed by atoms with van der Waals surface area (Å²) in [6.07, 6.45) is 2.71. The van der Waals surface area contributed by atoms with Crippen molar-refractivity contribution >= 4 is 5.91 Å². The van der Waals surface area contributed by atoms with Crippen LogP contribution in [0.1, 0.15) is 23.6 Å². The average molecular weight is 369 g/mol. The van der Waals surface area contributed by atoms with Crippen molar-refractivity contribution in [3.8, 4) is 11.5 Å². The Morgan fingerprint density at radius 3 is 2.81 bits per heavy atom. The van der Waals surface area contributed by atoms with Gasteiger partial charge in [-0.1, -0.05) is 6.07 Å². The first kappa shape index (κ1) is 19.2. The maximum absolute atomic E-state index is 12.7. The molecule has 1 aliphatic heterocycles. The zero-order valence-electron chi connectivity index (χ0n) is 16.2. The Balaban J connectivity index is 1.59. The molecule has 6 nitrogen and oxygen atoms in total. The van der Waals surface area contributed by atoms with Gasteiger partial charge < -0.3 is 14.4 Å². The first-order chi connectivity index (χ1) is 13.1. The summed E-state index contributed by atoms with van der Waals surface area (Å²) in [4.78, 5) is 21.0. The lowest BCUT2D eigenvalue weighted by atomic mass is 9.97. The minimum atomic E-state index is 0.151. The molecular formula is C21H27N3O3. The summed E-state index contributed by atoms with van der Waals surface area (Å²) >= 11 is 0. The summed E-state index contributed by atoms with van der Waals surface area (Å²) in [5.41, 5.74) is 2.07. The lowest BCUT2D eigenvalue weighted by Crippen LogP contribution is -2.37. The van der Waals surface area contributed by atoms with Crippen molar-refractivity contribution < 1.29 is 14.3 Å². The fraction of sp³-hybridized carbons (Fsp3) is 0.429. The maximum Gasteiger partial charge on any atom is 0.236 e. The van der Waals surface area contributed by atoms with E-state index in [9.17, 15) is 4.79 Å². The first-order valence-corrected chi connectivity index (χ1v) is 9.19. The number of aromatic nitrogens is 1. The fourth-order valence-electron chi connectivity index (χ4n) is 3.55. The Hall–Kier alpha value is -2.60. The number of carbonyl (C=O) groups is 1. The topological polar surface area (TPSA) is 54.9 Å². The molecule has 1 atom stereocenters. The molecule has 3 rings (SSSR count). The van der Waals surface area contributed by atoms with Gasteiger partial charge in [-0.15, -0.1) is 0 Å². The molecule has 1 aromatic heterocycles. The standard InChI is InChI=1S/C21H27N3O3/c1-23(14-17-6-4-5-10-22-17)15-21(25)24-11-9-16(13-24)19-12-18(26-2)7-8-20(19)27-3/h4-8,10,12,16H,9,11,13-15H2,1-3H3/t16-/m1/s1. The number of likely N-dealkylation sites (tertiary alicyclic amines) is 1. The van der Waals surface area contributed by atoms with Crippen LogP contribution < -0.4 is 9.47 Å². The predicted molar refractivity (Wildman–Crippen MR) is 104 cm³/mol. The van der Waals surface area contributed by atoms with E-state index < -0.39 is 0 Å². The van der Waals surface area contributed by atoms with Crippen LogP contribution in [0.15, 0.2) is 42.6 Å². The van der Waals surface area contributed by atoms with Crippen LogP contribution in [0.5, 0.6) is 11.5 Å². The molecule has 1 aromatic carbocycles. The molecule has 144 valence electrons. The zero-order valence-corrected chi connectivity index (χ0v) is 16.2. The molecule has 2 heterocycles. The minimum Gasteiger partial charge on any atom is -0.497 e. The minimum absolute atomic E-state index is 0.151.